The van der Waals surface area contributed by atoms with E-state index in [1.54, 1.807) is 6.08 Å². The van der Waals surface area contributed by atoms with Crippen LogP contribution in [0.2, 0.25) is 0 Å². The number of para-hydroxylation sites is 1. The number of allylic oxidation sites excluding steroid dienone is 2. The van der Waals surface area contributed by atoms with E-state index in [0.717, 1.165) is 19.3 Å². The SMILES string of the molecule is CCCCC(Oc1ccccc1)[C@@H](O)/C=C/C1[C@H](O)C[C@H](O)[C@@H]1C/C=C\CCCC(=O)O. The van der Waals surface area contributed by atoms with Crippen LogP contribution >= 0.6 is 0 Å². The number of benzene rings is 1. The van der Waals surface area contributed by atoms with E-state index >= 15 is 0 Å². The van der Waals surface area contributed by atoms with E-state index in [-0.39, 0.29) is 24.4 Å². The van der Waals surface area contributed by atoms with Gasteiger partial charge in [-0.3, -0.25) is 4.79 Å². The highest BCUT2D eigenvalue weighted by Crippen LogP contribution is 2.36. The van der Waals surface area contributed by atoms with E-state index in [0.29, 0.717) is 31.4 Å². The first kappa shape index (κ1) is 26.1. The monoisotopic (exact) mass is 446 g/mol. The standard InChI is InChI=1S/C26H38O6/c1-2-3-14-25(32-19-11-7-6-8-12-19)22(27)17-16-21-20(23(28)18-24(21)29)13-9-4-5-10-15-26(30)31/h4,6-9,11-12,16-17,20-25,27-29H,2-3,5,10,13-15,18H2,1H3,(H,30,31)/b9-4-,17-16+/t20-,21?,22+,23+,24-,25?/m1/s1. The highest BCUT2D eigenvalue weighted by molar-refractivity contribution is 5.66. The number of aliphatic hydroxyl groups excluding tert-OH is 3. The van der Waals surface area contributed by atoms with Crippen molar-refractivity contribution in [2.75, 3.05) is 0 Å². The van der Waals surface area contributed by atoms with Crippen LogP contribution in [0.25, 0.3) is 0 Å². The van der Waals surface area contributed by atoms with Gasteiger partial charge in [-0.15, -0.1) is 0 Å². The van der Waals surface area contributed by atoms with Crippen LogP contribution in [0.1, 0.15) is 58.3 Å². The minimum Gasteiger partial charge on any atom is -0.487 e. The van der Waals surface area contributed by atoms with E-state index in [1.807, 2.05) is 48.6 Å². The Kier molecular flexibility index (Phi) is 11.5. The zero-order valence-electron chi connectivity index (χ0n) is 18.9. The van der Waals surface area contributed by atoms with E-state index in [9.17, 15) is 20.1 Å². The number of carbonyl (C=O) groups is 1. The highest BCUT2D eigenvalue weighted by Gasteiger charge is 2.39. The molecule has 0 spiro atoms. The van der Waals surface area contributed by atoms with Gasteiger partial charge in [0.05, 0.1) is 12.2 Å². The number of hydrogen-bond donors (Lipinski definition) is 4. The smallest absolute Gasteiger partial charge is 0.303 e. The van der Waals surface area contributed by atoms with Crippen LogP contribution in [0.5, 0.6) is 5.75 Å². The maximum absolute atomic E-state index is 10.8. The summed E-state index contributed by atoms with van der Waals surface area (Å²) < 4.78 is 6.02. The van der Waals surface area contributed by atoms with Crippen molar-refractivity contribution in [3.63, 3.8) is 0 Å². The summed E-state index contributed by atoms with van der Waals surface area (Å²) in [5.74, 6) is -0.492. The summed E-state index contributed by atoms with van der Waals surface area (Å²) >= 11 is 0. The topological polar surface area (TPSA) is 107 Å². The lowest BCUT2D eigenvalue weighted by Crippen LogP contribution is -2.31. The fourth-order valence-corrected chi connectivity index (χ4v) is 4.19. The maximum Gasteiger partial charge on any atom is 0.303 e. The number of carboxylic acid groups (broad SMARTS) is 1. The molecule has 0 heterocycles. The third-order valence-corrected chi connectivity index (χ3v) is 6.04. The lowest BCUT2D eigenvalue weighted by Gasteiger charge is -2.24. The summed E-state index contributed by atoms with van der Waals surface area (Å²) in [5.41, 5.74) is 0. The fraction of sp³-hybridized carbons (Fsp3) is 0.577. The van der Waals surface area contributed by atoms with Crippen LogP contribution in [-0.2, 0) is 4.79 Å². The molecule has 0 aromatic heterocycles. The van der Waals surface area contributed by atoms with Gasteiger partial charge < -0.3 is 25.2 Å². The van der Waals surface area contributed by atoms with Gasteiger partial charge in [0.1, 0.15) is 18.0 Å². The quantitative estimate of drug-likeness (QED) is 0.253. The molecule has 2 unspecified atom stereocenters. The normalized spacial score (nSPS) is 25.4. The molecule has 0 amide bonds. The first-order valence-electron chi connectivity index (χ1n) is 11.7. The minimum atomic E-state index is -0.820. The Bertz CT molecular complexity index is 716. The largest absolute Gasteiger partial charge is 0.487 e. The number of aliphatic carboxylic acids is 1. The van der Waals surface area contributed by atoms with E-state index < -0.39 is 24.3 Å². The maximum atomic E-state index is 10.8. The third-order valence-electron chi connectivity index (χ3n) is 6.04. The van der Waals surface area contributed by atoms with Crippen molar-refractivity contribution in [3.05, 3.63) is 54.6 Å². The third kappa shape index (κ3) is 8.77. The molecule has 1 aromatic rings. The molecule has 1 saturated carbocycles. The van der Waals surface area contributed by atoms with Gasteiger partial charge in [-0.2, -0.15) is 0 Å². The molecule has 6 nitrogen and oxygen atoms in total. The predicted octanol–water partition coefficient (Wildman–Crippen LogP) is 4.10. The Morgan fingerprint density at radius 2 is 1.91 bits per heavy atom. The number of carboxylic acids is 1. The van der Waals surface area contributed by atoms with Gasteiger partial charge in [-0.1, -0.05) is 55.8 Å². The van der Waals surface area contributed by atoms with Crippen LogP contribution < -0.4 is 4.74 Å². The minimum absolute atomic E-state index is 0.141. The van der Waals surface area contributed by atoms with E-state index in [4.69, 9.17) is 9.84 Å². The summed E-state index contributed by atoms with van der Waals surface area (Å²) in [6.07, 6.45) is 9.87. The molecule has 6 heteroatoms. The molecule has 0 bridgehead atoms. The molecule has 6 atom stereocenters. The van der Waals surface area contributed by atoms with Gasteiger partial charge in [-0.25, -0.2) is 0 Å². The summed E-state index contributed by atoms with van der Waals surface area (Å²) in [5, 5.41) is 40.3. The number of unbranched alkanes of at least 4 members (excludes halogenated alkanes) is 2. The average molecular weight is 447 g/mol. The van der Waals surface area contributed by atoms with Gasteiger partial charge >= 0.3 is 5.97 Å². The highest BCUT2D eigenvalue weighted by atomic mass is 16.5. The van der Waals surface area contributed by atoms with Crippen LogP contribution in [0.15, 0.2) is 54.6 Å². The van der Waals surface area contributed by atoms with Crippen LogP contribution in [0.3, 0.4) is 0 Å². The number of rotatable bonds is 14. The van der Waals surface area contributed by atoms with Crippen molar-refractivity contribution in [1.29, 1.82) is 0 Å². The predicted molar refractivity (Wildman–Crippen MR) is 124 cm³/mol. The number of hydrogen-bond acceptors (Lipinski definition) is 5. The first-order chi connectivity index (χ1) is 15.4. The van der Waals surface area contributed by atoms with E-state index in [1.165, 1.54) is 0 Å². The van der Waals surface area contributed by atoms with Crippen LogP contribution in [-0.4, -0.2) is 50.8 Å². The molecular weight excluding hydrogens is 408 g/mol. The molecular formula is C26H38O6. The Balaban J connectivity index is 1.97. The second-order valence-electron chi connectivity index (χ2n) is 8.59. The van der Waals surface area contributed by atoms with Crippen molar-refractivity contribution >= 4 is 5.97 Å². The molecule has 0 aliphatic heterocycles. The van der Waals surface area contributed by atoms with Crippen LogP contribution in [0, 0.1) is 11.8 Å². The molecule has 1 aromatic carbocycles. The van der Waals surface area contributed by atoms with Gasteiger partial charge in [0, 0.05) is 18.8 Å². The van der Waals surface area contributed by atoms with Crippen molar-refractivity contribution in [2.24, 2.45) is 11.8 Å². The summed E-state index contributed by atoms with van der Waals surface area (Å²) in [7, 11) is 0. The second kappa shape index (κ2) is 14.1. The molecule has 1 fully saturated rings. The summed E-state index contributed by atoms with van der Waals surface area (Å²) in [6.45, 7) is 2.10. The molecule has 4 N–H and O–H groups in total. The van der Waals surface area contributed by atoms with Gasteiger partial charge in [0.2, 0.25) is 0 Å². The number of ether oxygens (including phenoxy) is 1. The fourth-order valence-electron chi connectivity index (χ4n) is 4.19. The molecule has 0 saturated heterocycles. The molecule has 2 rings (SSSR count). The average Bonchev–Trinajstić information content (AvgIpc) is 3.04. The molecule has 1 aliphatic carbocycles. The Labute approximate surface area is 191 Å². The lowest BCUT2D eigenvalue weighted by atomic mass is 9.89. The van der Waals surface area contributed by atoms with Crippen molar-refractivity contribution in [1.82, 2.24) is 0 Å². The lowest BCUT2D eigenvalue weighted by molar-refractivity contribution is -0.137. The Morgan fingerprint density at radius 1 is 1.16 bits per heavy atom. The zero-order chi connectivity index (χ0) is 23.3. The first-order valence-corrected chi connectivity index (χ1v) is 11.7. The van der Waals surface area contributed by atoms with Crippen molar-refractivity contribution in [3.8, 4) is 5.75 Å². The van der Waals surface area contributed by atoms with Gasteiger partial charge in [0.15, 0.2) is 0 Å². The van der Waals surface area contributed by atoms with Crippen LogP contribution in [0.4, 0.5) is 0 Å². The van der Waals surface area contributed by atoms with Gasteiger partial charge in [0.25, 0.3) is 0 Å². The molecule has 32 heavy (non-hydrogen) atoms. The van der Waals surface area contributed by atoms with Gasteiger partial charge in [-0.05, 0) is 50.2 Å². The number of aliphatic hydroxyl groups is 3. The van der Waals surface area contributed by atoms with Crippen molar-refractivity contribution < 1.29 is 30.0 Å². The second-order valence-corrected chi connectivity index (χ2v) is 8.59. The Hall–Kier alpha value is -2.15. The van der Waals surface area contributed by atoms with E-state index in [2.05, 4.69) is 6.92 Å². The summed E-state index contributed by atoms with van der Waals surface area (Å²) in [4.78, 5) is 10.6. The zero-order valence-corrected chi connectivity index (χ0v) is 18.9. The van der Waals surface area contributed by atoms with Crippen molar-refractivity contribution in [2.45, 2.75) is 82.7 Å². The molecule has 1 aliphatic rings. The Morgan fingerprint density at radius 3 is 2.59 bits per heavy atom. The molecule has 0 radical (unpaired) electrons. The molecule has 178 valence electrons. The summed E-state index contributed by atoms with van der Waals surface area (Å²) in [6, 6.07) is 9.43.